The third-order valence-corrected chi connectivity index (χ3v) is 3.44. The minimum absolute atomic E-state index is 0.153. The van der Waals surface area contributed by atoms with Gasteiger partial charge in [-0.05, 0) is 35.4 Å². The maximum Gasteiger partial charge on any atom is 0.168 e. The molecule has 3 nitrogen and oxygen atoms in total. The lowest BCUT2D eigenvalue weighted by Gasteiger charge is -2.10. The summed E-state index contributed by atoms with van der Waals surface area (Å²) in [4.78, 5) is 10.9. The van der Waals surface area contributed by atoms with Crippen LogP contribution in [0.5, 0.6) is 11.5 Å². The molecular weight excluding hydrogens is 287 g/mol. The first-order valence-corrected chi connectivity index (χ1v) is 6.14. The number of rotatable bonds is 3. The van der Waals surface area contributed by atoms with Gasteiger partial charge in [0.1, 0.15) is 0 Å². The van der Waals surface area contributed by atoms with Crippen molar-refractivity contribution in [1.82, 2.24) is 0 Å². The number of ether oxygens (including phenoxy) is 1. The summed E-state index contributed by atoms with van der Waals surface area (Å²) in [7, 11) is 1.42. The van der Waals surface area contributed by atoms with Crippen molar-refractivity contribution in [3.63, 3.8) is 0 Å². The lowest BCUT2D eigenvalue weighted by Crippen LogP contribution is -1.91. The molecule has 0 aliphatic heterocycles. The highest BCUT2D eigenvalue weighted by atomic mass is 35.5. The minimum atomic E-state index is -0.179. The van der Waals surface area contributed by atoms with Gasteiger partial charge in [-0.15, -0.1) is 0 Å². The van der Waals surface area contributed by atoms with E-state index in [1.807, 2.05) is 0 Å². The fourth-order valence-corrected chi connectivity index (χ4v) is 2.02. The van der Waals surface area contributed by atoms with Gasteiger partial charge in [-0.1, -0.05) is 29.3 Å². The highest BCUT2D eigenvalue weighted by Crippen LogP contribution is 2.36. The van der Waals surface area contributed by atoms with Gasteiger partial charge in [0.25, 0.3) is 0 Å². The van der Waals surface area contributed by atoms with Crippen LogP contribution in [0.4, 0.5) is 0 Å². The zero-order chi connectivity index (χ0) is 14.0. The number of benzene rings is 2. The average molecular weight is 297 g/mol. The first-order valence-electron chi connectivity index (χ1n) is 5.38. The fourth-order valence-electron chi connectivity index (χ4n) is 1.72. The Morgan fingerprint density at radius 3 is 2.42 bits per heavy atom. The predicted molar refractivity (Wildman–Crippen MR) is 75.5 cm³/mol. The lowest BCUT2D eigenvalue weighted by molar-refractivity contribution is 0.112. The molecule has 0 spiro atoms. The fraction of sp³-hybridized carbons (Fsp3) is 0.0714. The summed E-state index contributed by atoms with van der Waals surface area (Å²) in [6.45, 7) is 0. The van der Waals surface area contributed by atoms with E-state index in [2.05, 4.69) is 0 Å². The zero-order valence-corrected chi connectivity index (χ0v) is 11.5. The maximum absolute atomic E-state index is 10.9. The molecule has 2 aromatic carbocycles. The van der Waals surface area contributed by atoms with Crippen LogP contribution in [0.15, 0.2) is 30.3 Å². The molecule has 2 rings (SSSR count). The predicted octanol–water partition coefficient (Wildman–Crippen LogP) is 4.19. The van der Waals surface area contributed by atoms with Gasteiger partial charge in [-0.3, -0.25) is 4.79 Å². The first kappa shape index (κ1) is 13.7. The standard InChI is InChI=1S/C14H10Cl2O3/c1-19-13-6-9(4-10(7-17)14(13)18)8-2-3-11(15)12(16)5-8/h2-7,18H,1H3. The second-order valence-corrected chi connectivity index (χ2v) is 4.68. The topological polar surface area (TPSA) is 46.5 Å². The van der Waals surface area contributed by atoms with Gasteiger partial charge in [0, 0.05) is 0 Å². The molecule has 5 heteroatoms. The molecule has 0 saturated heterocycles. The Bertz CT molecular complexity index is 639. The Hall–Kier alpha value is -1.71. The first-order chi connectivity index (χ1) is 9.06. The van der Waals surface area contributed by atoms with Crippen molar-refractivity contribution in [2.24, 2.45) is 0 Å². The monoisotopic (exact) mass is 296 g/mol. The molecule has 2 aromatic rings. The van der Waals surface area contributed by atoms with Crippen LogP contribution in [-0.4, -0.2) is 18.5 Å². The van der Waals surface area contributed by atoms with E-state index in [0.717, 1.165) is 5.56 Å². The van der Waals surface area contributed by atoms with Gasteiger partial charge in [0.15, 0.2) is 17.8 Å². The second-order valence-electron chi connectivity index (χ2n) is 3.86. The molecular formula is C14H10Cl2O3. The molecule has 0 saturated carbocycles. The molecule has 0 heterocycles. The van der Waals surface area contributed by atoms with Crippen LogP contribution in [0.3, 0.4) is 0 Å². The van der Waals surface area contributed by atoms with Crippen molar-refractivity contribution in [2.45, 2.75) is 0 Å². The van der Waals surface area contributed by atoms with Crippen molar-refractivity contribution in [2.75, 3.05) is 7.11 Å². The van der Waals surface area contributed by atoms with Crippen LogP contribution in [0, 0.1) is 0 Å². The Labute approximate surface area is 120 Å². The summed E-state index contributed by atoms with van der Waals surface area (Å²) in [5, 5.41) is 10.6. The van der Waals surface area contributed by atoms with Gasteiger partial charge >= 0.3 is 0 Å². The summed E-state index contributed by atoms with van der Waals surface area (Å²) in [5.74, 6) is 0.0481. The number of carbonyl (C=O) groups excluding carboxylic acids is 1. The van der Waals surface area contributed by atoms with Crippen LogP contribution < -0.4 is 4.74 Å². The van der Waals surface area contributed by atoms with Gasteiger partial charge < -0.3 is 9.84 Å². The molecule has 0 aliphatic rings. The Kier molecular flexibility index (Phi) is 3.98. The highest BCUT2D eigenvalue weighted by molar-refractivity contribution is 6.42. The van der Waals surface area contributed by atoms with Crippen LogP contribution in [0.25, 0.3) is 11.1 Å². The van der Waals surface area contributed by atoms with Gasteiger partial charge in [0.05, 0.1) is 22.7 Å². The number of carbonyl (C=O) groups is 1. The Morgan fingerprint density at radius 1 is 1.11 bits per heavy atom. The van der Waals surface area contributed by atoms with Crippen LogP contribution in [0.2, 0.25) is 10.0 Å². The molecule has 0 atom stereocenters. The van der Waals surface area contributed by atoms with E-state index in [9.17, 15) is 9.90 Å². The third kappa shape index (κ3) is 2.67. The number of aromatic hydroxyl groups is 1. The number of methoxy groups -OCH3 is 1. The quantitative estimate of drug-likeness (QED) is 0.864. The van der Waals surface area contributed by atoms with E-state index in [0.29, 0.717) is 21.9 Å². The molecule has 0 unspecified atom stereocenters. The summed E-state index contributed by atoms with van der Waals surface area (Å²) >= 11 is 11.8. The number of phenols is 1. The number of phenolic OH excluding ortho intramolecular Hbond substituents is 1. The van der Waals surface area contributed by atoms with Crippen LogP contribution >= 0.6 is 23.2 Å². The second kappa shape index (κ2) is 5.51. The zero-order valence-electron chi connectivity index (χ0n) is 9.98. The number of aldehydes is 1. The molecule has 0 fully saturated rings. The molecule has 0 bridgehead atoms. The molecule has 98 valence electrons. The van der Waals surface area contributed by atoms with Gasteiger partial charge in [-0.2, -0.15) is 0 Å². The van der Waals surface area contributed by atoms with E-state index >= 15 is 0 Å². The lowest BCUT2D eigenvalue weighted by atomic mass is 10.0. The summed E-state index contributed by atoms with van der Waals surface area (Å²) in [6, 6.07) is 8.31. The van der Waals surface area contributed by atoms with Crippen molar-refractivity contribution >= 4 is 29.5 Å². The minimum Gasteiger partial charge on any atom is -0.504 e. The average Bonchev–Trinajstić information content (AvgIpc) is 2.42. The Balaban J connectivity index is 2.61. The smallest absolute Gasteiger partial charge is 0.168 e. The van der Waals surface area contributed by atoms with E-state index in [4.69, 9.17) is 27.9 Å². The number of hydrogen-bond acceptors (Lipinski definition) is 3. The SMILES string of the molecule is COc1cc(-c2ccc(Cl)c(Cl)c2)cc(C=O)c1O. The van der Waals surface area contributed by atoms with Crippen molar-refractivity contribution in [1.29, 1.82) is 0 Å². The molecule has 0 aliphatic carbocycles. The number of halogens is 2. The molecule has 0 amide bonds. The van der Waals surface area contributed by atoms with Gasteiger partial charge in [-0.25, -0.2) is 0 Å². The van der Waals surface area contributed by atoms with Crippen molar-refractivity contribution < 1.29 is 14.6 Å². The van der Waals surface area contributed by atoms with Gasteiger partial charge in [0.2, 0.25) is 0 Å². The summed E-state index contributed by atoms with van der Waals surface area (Å²) < 4.78 is 5.04. The van der Waals surface area contributed by atoms with E-state index in [-0.39, 0.29) is 17.1 Å². The Morgan fingerprint density at radius 2 is 1.84 bits per heavy atom. The van der Waals surface area contributed by atoms with Crippen molar-refractivity contribution in [3.05, 3.63) is 45.9 Å². The van der Waals surface area contributed by atoms with Crippen LogP contribution in [0.1, 0.15) is 10.4 Å². The largest absolute Gasteiger partial charge is 0.504 e. The molecule has 1 N–H and O–H groups in total. The van der Waals surface area contributed by atoms with E-state index < -0.39 is 0 Å². The van der Waals surface area contributed by atoms with Crippen LogP contribution in [-0.2, 0) is 0 Å². The summed E-state index contributed by atoms with van der Waals surface area (Å²) in [6.07, 6.45) is 0.568. The normalized spacial score (nSPS) is 10.3. The third-order valence-electron chi connectivity index (χ3n) is 2.70. The molecule has 19 heavy (non-hydrogen) atoms. The molecule has 0 aromatic heterocycles. The van der Waals surface area contributed by atoms with E-state index in [1.54, 1.807) is 30.3 Å². The van der Waals surface area contributed by atoms with Crippen molar-refractivity contribution in [3.8, 4) is 22.6 Å². The maximum atomic E-state index is 10.9. The summed E-state index contributed by atoms with van der Waals surface area (Å²) in [5.41, 5.74) is 1.63. The highest BCUT2D eigenvalue weighted by Gasteiger charge is 2.12. The number of hydrogen-bond donors (Lipinski definition) is 1. The van der Waals surface area contributed by atoms with E-state index in [1.165, 1.54) is 7.11 Å². The molecule has 0 radical (unpaired) electrons.